The van der Waals surface area contributed by atoms with Crippen molar-refractivity contribution < 1.29 is 4.79 Å². The number of anilines is 1. The van der Waals surface area contributed by atoms with E-state index in [1.54, 1.807) is 24.3 Å². The Bertz CT molecular complexity index is 520. The van der Waals surface area contributed by atoms with Crippen molar-refractivity contribution in [1.29, 1.82) is 5.26 Å². The Balaban J connectivity index is 1.60. The highest BCUT2D eigenvalue weighted by molar-refractivity contribution is 5.89. The maximum absolute atomic E-state index is 12.2. The quantitative estimate of drug-likeness (QED) is 0.817. The number of fused-ring (bicyclic) bond motifs is 1. The lowest BCUT2D eigenvalue weighted by atomic mass is 9.94. The van der Waals surface area contributed by atoms with E-state index in [1.165, 1.54) is 12.8 Å². The molecule has 2 saturated heterocycles. The first-order valence-corrected chi connectivity index (χ1v) is 7.06. The van der Waals surface area contributed by atoms with Crippen molar-refractivity contribution >= 4 is 11.7 Å². The molecule has 2 aliphatic rings. The van der Waals surface area contributed by atoms with E-state index < -0.39 is 0 Å². The molecule has 2 amide bonds. The zero-order chi connectivity index (χ0) is 13.9. The molecule has 20 heavy (non-hydrogen) atoms. The van der Waals surface area contributed by atoms with E-state index >= 15 is 0 Å². The van der Waals surface area contributed by atoms with Gasteiger partial charge in [-0.1, -0.05) is 0 Å². The molecule has 5 heteroatoms. The number of likely N-dealkylation sites (tertiary alicyclic amines) is 1. The molecule has 0 spiro atoms. The molecule has 0 bridgehead atoms. The summed E-state index contributed by atoms with van der Waals surface area (Å²) in [6.07, 6.45) is 2.41. The number of rotatable bonds is 1. The Morgan fingerprint density at radius 3 is 2.85 bits per heavy atom. The maximum Gasteiger partial charge on any atom is 0.321 e. The highest BCUT2D eigenvalue weighted by atomic mass is 16.2. The molecule has 2 N–H and O–H groups in total. The minimum absolute atomic E-state index is 0.0501. The number of benzene rings is 1. The zero-order valence-corrected chi connectivity index (χ0v) is 11.3. The van der Waals surface area contributed by atoms with Gasteiger partial charge in [-0.15, -0.1) is 0 Å². The van der Waals surface area contributed by atoms with Gasteiger partial charge in [0.05, 0.1) is 11.6 Å². The van der Waals surface area contributed by atoms with Gasteiger partial charge in [-0.05, 0) is 49.6 Å². The number of hydrogen-bond acceptors (Lipinski definition) is 3. The largest absolute Gasteiger partial charge is 0.323 e. The lowest BCUT2D eigenvalue weighted by molar-refractivity contribution is 0.220. The normalized spacial score (nSPS) is 24.9. The van der Waals surface area contributed by atoms with E-state index in [0.29, 0.717) is 17.5 Å². The monoisotopic (exact) mass is 270 g/mol. The van der Waals surface area contributed by atoms with E-state index in [1.807, 2.05) is 4.90 Å². The molecular weight excluding hydrogens is 252 g/mol. The Hall–Kier alpha value is -2.06. The van der Waals surface area contributed by atoms with Gasteiger partial charge in [0.2, 0.25) is 0 Å². The van der Waals surface area contributed by atoms with Crippen molar-refractivity contribution in [1.82, 2.24) is 10.2 Å². The third-order valence-corrected chi connectivity index (χ3v) is 4.15. The van der Waals surface area contributed by atoms with Crippen molar-refractivity contribution in [3.63, 3.8) is 0 Å². The summed E-state index contributed by atoms with van der Waals surface area (Å²) < 4.78 is 0. The van der Waals surface area contributed by atoms with Crippen molar-refractivity contribution in [2.24, 2.45) is 5.92 Å². The van der Waals surface area contributed by atoms with E-state index in [0.717, 1.165) is 25.3 Å². The highest BCUT2D eigenvalue weighted by Crippen LogP contribution is 2.25. The van der Waals surface area contributed by atoms with Crippen LogP contribution in [0.15, 0.2) is 24.3 Å². The molecule has 2 aliphatic heterocycles. The van der Waals surface area contributed by atoms with Crippen molar-refractivity contribution in [2.45, 2.75) is 18.9 Å². The van der Waals surface area contributed by atoms with Crippen LogP contribution in [-0.4, -0.2) is 36.6 Å². The van der Waals surface area contributed by atoms with E-state index in [-0.39, 0.29) is 6.03 Å². The fraction of sp³-hybridized carbons (Fsp3) is 0.467. The van der Waals surface area contributed by atoms with Crippen LogP contribution in [0.4, 0.5) is 10.5 Å². The fourth-order valence-electron chi connectivity index (χ4n) is 3.04. The van der Waals surface area contributed by atoms with Gasteiger partial charge in [0, 0.05) is 24.8 Å². The third-order valence-electron chi connectivity index (χ3n) is 4.15. The molecule has 1 aromatic carbocycles. The third kappa shape index (κ3) is 2.61. The second-order valence-electron chi connectivity index (χ2n) is 5.49. The van der Waals surface area contributed by atoms with Crippen LogP contribution in [0.2, 0.25) is 0 Å². The topological polar surface area (TPSA) is 68.2 Å². The summed E-state index contributed by atoms with van der Waals surface area (Å²) >= 11 is 0. The Labute approximate surface area is 118 Å². The molecule has 2 fully saturated rings. The van der Waals surface area contributed by atoms with Crippen LogP contribution in [0.5, 0.6) is 0 Å². The number of amides is 2. The smallest absolute Gasteiger partial charge is 0.321 e. The number of hydrogen-bond donors (Lipinski definition) is 2. The van der Waals surface area contributed by atoms with Gasteiger partial charge in [-0.2, -0.15) is 5.26 Å². The number of nitriles is 1. The van der Waals surface area contributed by atoms with Gasteiger partial charge in [-0.3, -0.25) is 0 Å². The maximum atomic E-state index is 12.2. The number of carbonyl (C=O) groups excluding carboxylic acids is 1. The minimum Gasteiger partial charge on any atom is -0.323 e. The molecule has 0 aromatic heterocycles. The number of urea groups is 1. The Morgan fingerprint density at radius 1 is 1.35 bits per heavy atom. The van der Waals surface area contributed by atoms with Crippen LogP contribution >= 0.6 is 0 Å². The number of nitrogens with zero attached hydrogens (tertiary/aromatic N) is 2. The van der Waals surface area contributed by atoms with Crippen LogP contribution in [0.1, 0.15) is 18.4 Å². The molecule has 1 aromatic rings. The lowest BCUT2D eigenvalue weighted by Gasteiger charge is -2.24. The molecule has 0 saturated carbocycles. The predicted molar refractivity (Wildman–Crippen MR) is 76.3 cm³/mol. The van der Waals surface area contributed by atoms with Gasteiger partial charge in [-0.25, -0.2) is 4.79 Å². The second-order valence-corrected chi connectivity index (χ2v) is 5.49. The average molecular weight is 270 g/mol. The summed E-state index contributed by atoms with van der Waals surface area (Å²) in [5.74, 6) is 0.593. The number of carbonyl (C=O) groups is 1. The van der Waals surface area contributed by atoms with Gasteiger partial charge in [0.25, 0.3) is 0 Å². The molecule has 0 radical (unpaired) electrons. The van der Waals surface area contributed by atoms with Gasteiger partial charge in [0.15, 0.2) is 0 Å². The highest BCUT2D eigenvalue weighted by Gasteiger charge is 2.36. The molecule has 104 valence electrons. The van der Waals surface area contributed by atoms with Crippen molar-refractivity contribution in [2.75, 3.05) is 25.0 Å². The summed E-state index contributed by atoms with van der Waals surface area (Å²) in [7, 11) is 0. The standard InChI is InChI=1S/C15H18N4O/c16-8-11-3-5-13(6-4-11)18-15(20)19-9-12-2-1-7-17-14(12)10-19/h3-6,12,14,17H,1-2,7,9-10H2,(H,18,20). The molecule has 2 atom stereocenters. The summed E-state index contributed by atoms with van der Waals surface area (Å²) in [6.45, 7) is 2.68. The summed E-state index contributed by atoms with van der Waals surface area (Å²) in [4.78, 5) is 14.1. The van der Waals surface area contributed by atoms with Crippen LogP contribution in [0.25, 0.3) is 0 Å². The second kappa shape index (κ2) is 5.51. The molecule has 2 heterocycles. The fourth-order valence-corrected chi connectivity index (χ4v) is 3.04. The first-order valence-electron chi connectivity index (χ1n) is 7.06. The van der Waals surface area contributed by atoms with E-state index in [4.69, 9.17) is 5.26 Å². The minimum atomic E-state index is -0.0501. The van der Waals surface area contributed by atoms with Crippen LogP contribution in [0, 0.1) is 17.2 Å². The summed E-state index contributed by atoms with van der Waals surface area (Å²) in [5.41, 5.74) is 1.33. The molecule has 2 unspecified atom stereocenters. The first kappa shape index (κ1) is 12.9. The summed E-state index contributed by atoms with van der Waals surface area (Å²) in [6, 6.07) is 9.41. The van der Waals surface area contributed by atoms with Crippen LogP contribution in [0.3, 0.4) is 0 Å². The molecule has 0 aliphatic carbocycles. The Kier molecular flexibility index (Phi) is 3.57. The van der Waals surface area contributed by atoms with Crippen LogP contribution in [-0.2, 0) is 0 Å². The van der Waals surface area contributed by atoms with Gasteiger partial charge >= 0.3 is 6.03 Å². The summed E-state index contributed by atoms with van der Waals surface area (Å²) in [5, 5.41) is 15.1. The van der Waals surface area contributed by atoms with Crippen molar-refractivity contribution in [3.8, 4) is 6.07 Å². The zero-order valence-electron chi connectivity index (χ0n) is 11.3. The van der Waals surface area contributed by atoms with Gasteiger partial charge in [0.1, 0.15) is 0 Å². The SMILES string of the molecule is N#Cc1ccc(NC(=O)N2CC3CCCNC3C2)cc1. The average Bonchev–Trinajstić information content (AvgIpc) is 2.92. The lowest BCUT2D eigenvalue weighted by Crippen LogP contribution is -2.41. The Morgan fingerprint density at radius 2 is 2.15 bits per heavy atom. The number of piperidine rings is 1. The van der Waals surface area contributed by atoms with Crippen LogP contribution < -0.4 is 10.6 Å². The molecule has 3 rings (SSSR count). The molecule has 5 nitrogen and oxygen atoms in total. The van der Waals surface area contributed by atoms with E-state index in [2.05, 4.69) is 16.7 Å². The number of nitrogens with one attached hydrogen (secondary N) is 2. The molecular formula is C15H18N4O. The predicted octanol–water partition coefficient (Wildman–Crippen LogP) is 1.77. The van der Waals surface area contributed by atoms with E-state index in [9.17, 15) is 4.79 Å². The van der Waals surface area contributed by atoms with Gasteiger partial charge < -0.3 is 15.5 Å². The first-order chi connectivity index (χ1) is 9.76. The van der Waals surface area contributed by atoms with Crippen molar-refractivity contribution in [3.05, 3.63) is 29.8 Å².